The van der Waals surface area contributed by atoms with Crippen LogP contribution in [-0.4, -0.2) is 30.4 Å². The van der Waals surface area contributed by atoms with E-state index in [9.17, 15) is 4.79 Å². The van der Waals surface area contributed by atoms with E-state index in [0.717, 1.165) is 43.7 Å². The summed E-state index contributed by atoms with van der Waals surface area (Å²) in [5.41, 5.74) is 5.36. The number of hydrogen-bond donors (Lipinski definition) is 1. The van der Waals surface area contributed by atoms with E-state index in [0.29, 0.717) is 0 Å². The highest BCUT2D eigenvalue weighted by Gasteiger charge is 2.36. The second-order valence-corrected chi connectivity index (χ2v) is 6.02. The van der Waals surface area contributed by atoms with Crippen molar-refractivity contribution in [3.63, 3.8) is 0 Å². The van der Waals surface area contributed by atoms with Crippen molar-refractivity contribution in [3.05, 3.63) is 12.2 Å². The van der Waals surface area contributed by atoms with Crippen LogP contribution in [-0.2, 0) is 4.79 Å². The fraction of sp³-hybridized carbons (Fsp3) is 0.786. The van der Waals surface area contributed by atoms with Gasteiger partial charge in [-0.3, -0.25) is 4.79 Å². The van der Waals surface area contributed by atoms with Crippen LogP contribution in [0.1, 0.15) is 25.7 Å². The quantitative estimate of drug-likeness (QED) is 0.750. The number of carbonyl (C=O) groups excluding carboxylic acids is 1. The van der Waals surface area contributed by atoms with Gasteiger partial charge in [0.1, 0.15) is 0 Å². The molecule has 2 N–H and O–H groups in total. The number of amides is 1. The number of primary amides is 1. The molecule has 3 nitrogen and oxygen atoms in total. The van der Waals surface area contributed by atoms with Crippen molar-refractivity contribution in [3.8, 4) is 0 Å². The molecule has 1 saturated carbocycles. The number of allylic oxidation sites excluding steroid dienone is 2. The molecule has 1 amide bonds. The average molecular weight is 234 g/mol. The molecule has 2 bridgehead atoms. The Labute approximate surface area is 103 Å². The fourth-order valence-corrected chi connectivity index (χ4v) is 3.84. The summed E-state index contributed by atoms with van der Waals surface area (Å²) in [4.78, 5) is 13.6. The van der Waals surface area contributed by atoms with Crippen LogP contribution in [0.3, 0.4) is 0 Å². The summed E-state index contributed by atoms with van der Waals surface area (Å²) in [6, 6.07) is 0. The van der Waals surface area contributed by atoms with E-state index in [-0.39, 0.29) is 11.8 Å². The summed E-state index contributed by atoms with van der Waals surface area (Å²) >= 11 is 0. The zero-order valence-corrected chi connectivity index (χ0v) is 10.3. The van der Waals surface area contributed by atoms with Crippen molar-refractivity contribution in [2.24, 2.45) is 29.4 Å². The first kappa shape index (κ1) is 11.3. The predicted molar refractivity (Wildman–Crippen MR) is 67.2 cm³/mol. The zero-order valence-electron chi connectivity index (χ0n) is 10.3. The van der Waals surface area contributed by atoms with E-state index < -0.39 is 0 Å². The van der Waals surface area contributed by atoms with Crippen molar-refractivity contribution in [1.82, 2.24) is 4.90 Å². The Kier molecular flexibility index (Phi) is 2.95. The molecular formula is C14H22N2O. The summed E-state index contributed by atoms with van der Waals surface area (Å²) in [7, 11) is 0. The molecule has 0 spiro atoms. The predicted octanol–water partition coefficient (Wildman–Crippen LogP) is 1.40. The van der Waals surface area contributed by atoms with Crippen molar-refractivity contribution in [2.45, 2.75) is 25.7 Å². The van der Waals surface area contributed by atoms with Crippen molar-refractivity contribution in [2.75, 3.05) is 19.6 Å². The van der Waals surface area contributed by atoms with E-state index in [1.54, 1.807) is 0 Å². The van der Waals surface area contributed by atoms with Crippen LogP contribution in [0.4, 0.5) is 0 Å². The van der Waals surface area contributed by atoms with E-state index in [1.807, 2.05) is 0 Å². The van der Waals surface area contributed by atoms with Crippen molar-refractivity contribution >= 4 is 5.91 Å². The lowest BCUT2D eigenvalue weighted by molar-refractivity contribution is -0.123. The van der Waals surface area contributed by atoms with Gasteiger partial charge in [-0.25, -0.2) is 0 Å². The molecule has 17 heavy (non-hydrogen) atoms. The second-order valence-electron chi connectivity index (χ2n) is 6.02. The van der Waals surface area contributed by atoms with Crippen LogP contribution in [0, 0.1) is 23.7 Å². The Bertz CT molecular complexity index is 331. The smallest absolute Gasteiger partial charge is 0.220 e. The van der Waals surface area contributed by atoms with Crippen LogP contribution >= 0.6 is 0 Å². The lowest BCUT2D eigenvalue weighted by atomic mass is 9.91. The third-order valence-corrected chi connectivity index (χ3v) is 4.90. The van der Waals surface area contributed by atoms with Gasteiger partial charge in [0, 0.05) is 12.5 Å². The maximum absolute atomic E-state index is 11.1. The molecule has 2 fully saturated rings. The van der Waals surface area contributed by atoms with Crippen LogP contribution < -0.4 is 5.73 Å². The molecule has 3 aliphatic rings. The minimum absolute atomic E-state index is 0.104. The molecule has 0 unspecified atom stereocenters. The number of nitrogens with two attached hydrogens (primary N) is 1. The molecule has 3 atom stereocenters. The van der Waals surface area contributed by atoms with Gasteiger partial charge in [-0.1, -0.05) is 12.2 Å². The minimum Gasteiger partial charge on any atom is -0.369 e. The SMILES string of the molecule is NC(=O)C1CCN(C[C@H]2C[C@@H]3C=C[C@@H]2C3)CC1. The number of fused-ring (bicyclic) bond motifs is 2. The van der Waals surface area contributed by atoms with Gasteiger partial charge in [-0.2, -0.15) is 0 Å². The molecule has 0 aromatic carbocycles. The first-order chi connectivity index (χ1) is 8.22. The van der Waals surface area contributed by atoms with Gasteiger partial charge in [-0.15, -0.1) is 0 Å². The monoisotopic (exact) mass is 234 g/mol. The largest absolute Gasteiger partial charge is 0.369 e. The molecule has 94 valence electrons. The maximum atomic E-state index is 11.1. The highest BCUT2D eigenvalue weighted by atomic mass is 16.1. The molecule has 1 aliphatic heterocycles. The molecule has 3 heteroatoms. The standard InChI is InChI=1S/C14H22N2O/c15-14(17)11-3-5-16(6-4-11)9-13-8-10-1-2-12(13)7-10/h1-2,10-13H,3-9H2,(H2,15,17)/t10-,12-,13-/m1/s1. The van der Waals surface area contributed by atoms with Gasteiger partial charge >= 0.3 is 0 Å². The van der Waals surface area contributed by atoms with E-state index in [4.69, 9.17) is 5.73 Å². The van der Waals surface area contributed by atoms with Crippen LogP contribution in [0.25, 0.3) is 0 Å². The molecule has 0 aromatic rings. The first-order valence-corrected chi connectivity index (χ1v) is 6.92. The number of nitrogens with zero attached hydrogens (tertiary/aromatic N) is 1. The summed E-state index contributed by atoms with van der Waals surface area (Å²) in [5, 5.41) is 0. The van der Waals surface area contributed by atoms with Gasteiger partial charge in [0.05, 0.1) is 0 Å². The molecule has 2 aliphatic carbocycles. The van der Waals surface area contributed by atoms with Gasteiger partial charge in [-0.05, 0) is 56.5 Å². The van der Waals surface area contributed by atoms with E-state index in [1.165, 1.54) is 19.4 Å². The summed E-state index contributed by atoms with van der Waals surface area (Å²) < 4.78 is 0. The Morgan fingerprint density at radius 1 is 1.24 bits per heavy atom. The first-order valence-electron chi connectivity index (χ1n) is 6.92. The summed E-state index contributed by atoms with van der Waals surface area (Å²) in [6.45, 7) is 3.35. The molecule has 3 rings (SSSR count). The van der Waals surface area contributed by atoms with Crippen LogP contribution in [0.15, 0.2) is 12.2 Å². The molecule has 0 aromatic heterocycles. The van der Waals surface area contributed by atoms with Crippen molar-refractivity contribution < 1.29 is 4.79 Å². The van der Waals surface area contributed by atoms with Gasteiger partial charge in [0.2, 0.25) is 5.91 Å². The molecule has 0 radical (unpaired) electrons. The average Bonchev–Trinajstić information content (AvgIpc) is 2.91. The molecule has 1 heterocycles. The Morgan fingerprint density at radius 3 is 2.53 bits per heavy atom. The van der Waals surface area contributed by atoms with E-state index in [2.05, 4.69) is 17.1 Å². The number of hydrogen-bond acceptors (Lipinski definition) is 2. The van der Waals surface area contributed by atoms with E-state index >= 15 is 0 Å². The topological polar surface area (TPSA) is 46.3 Å². The summed E-state index contributed by atoms with van der Waals surface area (Å²) in [6.07, 6.45) is 9.53. The van der Waals surface area contributed by atoms with Gasteiger partial charge < -0.3 is 10.6 Å². The second kappa shape index (κ2) is 4.45. The number of likely N-dealkylation sites (tertiary alicyclic amines) is 1. The van der Waals surface area contributed by atoms with Crippen LogP contribution in [0.5, 0.6) is 0 Å². The lowest BCUT2D eigenvalue weighted by Gasteiger charge is -2.33. The Hall–Kier alpha value is -0.830. The van der Waals surface area contributed by atoms with Crippen LogP contribution in [0.2, 0.25) is 0 Å². The Morgan fingerprint density at radius 2 is 2.00 bits per heavy atom. The normalized spacial score (nSPS) is 37.8. The Balaban J connectivity index is 1.48. The number of rotatable bonds is 3. The summed E-state index contributed by atoms with van der Waals surface area (Å²) in [5.74, 6) is 2.61. The fourth-order valence-electron chi connectivity index (χ4n) is 3.84. The van der Waals surface area contributed by atoms with Gasteiger partial charge in [0.25, 0.3) is 0 Å². The third kappa shape index (κ3) is 2.25. The van der Waals surface area contributed by atoms with Crippen molar-refractivity contribution in [1.29, 1.82) is 0 Å². The maximum Gasteiger partial charge on any atom is 0.220 e. The highest BCUT2D eigenvalue weighted by molar-refractivity contribution is 5.76. The number of piperidine rings is 1. The molecule has 1 saturated heterocycles. The molecular weight excluding hydrogens is 212 g/mol. The number of carbonyl (C=O) groups is 1. The van der Waals surface area contributed by atoms with Gasteiger partial charge in [0.15, 0.2) is 0 Å². The minimum atomic E-state index is -0.104. The third-order valence-electron chi connectivity index (χ3n) is 4.90. The zero-order chi connectivity index (χ0) is 11.8. The highest BCUT2D eigenvalue weighted by Crippen LogP contribution is 2.43. The lowest BCUT2D eigenvalue weighted by Crippen LogP contribution is -2.41.